The van der Waals surface area contributed by atoms with Crippen molar-refractivity contribution < 1.29 is 4.74 Å². The number of ether oxygens (including phenoxy) is 1. The fourth-order valence-electron chi connectivity index (χ4n) is 4.84. The average molecular weight is 508 g/mol. The maximum Gasteiger partial charge on any atom is 0.191 e. The molecule has 3 aliphatic rings. The lowest BCUT2D eigenvalue weighted by molar-refractivity contribution is -0.0333. The lowest BCUT2D eigenvalue weighted by Crippen LogP contribution is -2.57. The molecular formula is C21H42IN5O. The lowest BCUT2D eigenvalue weighted by atomic mass is 9.80. The fraction of sp³-hybridized carbons (Fsp3) is 0.952. The summed E-state index contributed by atoms with van der Waals surface area (Å²) in [4.78, 5) is 10.1. The zero-order valence-electron chi connectivity index (χ0n) is 18.2. The minimum Gasteiger partial charge on any atom is -0.379 e. The van der Waals surface area contributed by atoms with Crippen LogP contribution in [0.4, 0.5) is 0 Å². The largest absolute Gasteiger partial charge is 0.379 e. The number of aliphatic imine (C=N–C) groups is 1. The first-order valence-electron chi connectivity index (χ1n) is 11.2. The Bertz CT molecular complexity index is 469. The third-order valence-electron chi connectivity index (χ3n) is 6.65. The molecule has 0 aromatic heterocycles. The van der Waals surface area contributed by atoms with E-state index in [1.807, 2.05) is 0 Å². The van der Waals surface area contributed by atoms with Crippen LogP contribution in [0.3, 0.4) is 0 Å². The molecule has 1 heterocycles. The van der Waals surface area contributed by atoms with Gasteiger partial charge in [-0.2, -0.15) is 0 Å². The van der Waals surface area contributed by atoms with Gasteiger partial charge in [-0.3, -0.25) is 9.89 Å². The van der Waals surface area contributed by atoms with Crippen LogP contribution >= 0.6 is 24.0 Å². The molecule has 0 aromatic carbocycles. The average Bonchev–Trinajstić information content (AvgIpc) is 3.52. The van der Waals surface area contributed by atoms with E-state index in [0.29, 0.717) is 6.04 Å². The van der Waals surface area contributed by atoms with E-state index in [1.165, 1.54) is 44.9 Å². The molecule has 6 nitrogen and oxygen atoms in total. The smallest absolute Gasteiger partial charge is 0.191 e. The van der Waals surface area contributed by atoms with Crippen molar-refractivity contribution in [2.45, 2.75) is 63.5 Å². The number of halogens is 1. The molecule has 1 saturated heterocycles. The molecule has 2 aliphatic carbocycles. The van der Waals surface area contributed by atoms with E-state index in [9.17, 15) is 0 Å². The molecule has 0 radical (unpaired) electrons. The molecule has 2 saturated carbocycles. The quantitative estimate of drug-likeness (QED) is 0.301. The summed E-state index contributed by atoms with van der Waals surface area (Å²) in [7, 11) is 4.40. The Hall–Kier alpha value is -0.120. The number of nitrogens with zero attached hydrogens (tertiary/aromatic N) is 3. The third-order valence-corrected chi connectivity index (χ3v) is 6.65. The van der Waals surface area contributed by atoms with Gasteiger partial charge in [0.2, 0.25) is 0 Å². The molecule has 3 rings (SSSR count). The van der Waals surface area contributed by atoms with Crippen LogP contribution in [0, 0.1) is 5.92 Å². The van der Waals surface area contributed by atoms with Gasteiger partial charge in [0.25, 0.3) is 0 Å². The normalized spacial score (nSPS) is 24.5. The van der Waals surface area contributed by atoms with Gasteiger partial charge in [0, 0.05) is 37.8 Å². The maximum absolute atomic E-state index is 5.61. The number of rotatable bonds is 8. The molecule has 1 unspecified atom stereocenters. The number of likely N-dealkylation sites (N-methyl/N-ethyl adjacent to an activating group) is 1. The zero-order chi connectivity index (χ0) is 19.1. The topological polar surface area (TPSA) is 52.1 Å². The Morgan fingerprint density at radius 2 is 1.82 bits per heavy atom. The Balaban J connectivity index is 0.00000280. The molecule has 28 heavy (non-hydrogen) atoms. The molecule has 0 aromatic rings. The van der Waals surface area contributed by atoms with E-state index in [4.69, 9.17) is 9.73 Å². The standard InChI is InChI=1S/C21H41N5O.HI/c1-4-22-20(23-16-19(25(2)3)18-8-9-18)24-17-21(10-6-5-7-11-21)26-12-14-27-15-13-26;/h18-19H,4-17H2,1-3H3,(H2,22,23,24);1H. The van der Waals surface area contributed by atoms with Crippen molar-refractivity contribution in [1.29, 1.82) is 0 Å². The van der Waals surface area contributed by atoms with Crippen LogP contribution < -0.4 is 10.6 Å². The minimum atomic E-state index is 0. The summed E-state index contributed by atoms with van der Waals surface area (Å²) in [5, 5.41) is 7.11. The molecular weight excluding hydrogens is 465 g/mol. The molecule has 1 aliphatic heterocycles. The Morgan fingerprint density at radius 1 is 1.14 bits per heavy atom. The number of guanidine groups is 1. The van der Waals surface area contributed by atoms with E-state index in [-0.39, 0.29) is 29.5 Å². The Morgan fingerprint density at radius 3 is 2.39 bits per heavy atom. The summed E-state index contributed by atoms with van der Waals surface area (Å²) in [6, 6.07) is 0.608. The highest BCUT2D eigenvalue weighted by atomic mass is 127. The van der Waals surface area contributed by atoms with E-state index < -0.39 is 0 Å². The highest BCUT2D eigenvalue weighted by molar-refractivity contribution is 14.0. The second kappa shape index (κ2) is 11.9. The van der Waals surface area contributed by atoms with Crippen LogP contribution in [0.5, 0.6) is 0 Å². The van der Waals surface area contributed by atoms with Crippen molar-refractivity contribution in [3.63, 3.8) is 0 Å². The van der Waals surface area contributed by atoms with Gasteiger partial charge in [0.1, 0.15) is 0 Å². The monoisotopic (exact) mass is 507 g/mol. The molecule has 0 bridgehead atoms. The number of nitrogens with one attached hydrogen (secondary N) is 2. The molecule has 3 fully saturated rings. The second-order valence-corrected chi connectivity index (χ2v) is 8.83. The van der Waals surface area contributed by atoms with Crippen LogP contribution in [0.2, 0.25) is 0 Å². The SMILES string of the molecule is CCNC(=NCC1(N2CCOCC2)CCCCC1)NCC(C1CC1)N(C)C.I. The first-order chi connectivity index (χ1) is 13.1. The summed E-state index contributed by atoms with van der Waals surface area (Å²) in [5.74, 6) is 1.84. The molecule has 0 spiro atoms. The maximum atomic E-state index is 5.61. The number of hydrogen-bond donors (Lipinski definition) is 2. The third kappa shape index (κ3) is 6.71. The van der Waals surface area contributed by atoms with Gasteiger partial charge in [0.05, 0.1) is 19.8 Å². The molecule has 164 valence electrons. The Labute approximate surface area is 189 Å². The Kier molecular flexibility index (Phi) is 10.3. The summed E-state index contributed by atoms with van der Waals surface area (Å²) in [6.45, 7) is 8.80. The van der Waals surface area contributed by atoms with Gasteiger partial charge in [0.15, 0.2) is 5.96 Å². The lowest BCUT2D eigenvalue weighted by Gasteiger charge is -2.47. The van der Waals surface area contributed by atoms with Crippen molar-refractivity contribution >= 4 is 29.9 Å². The van der Waals surface area contributed by atoms with E-state index in [2.05, 4.69) is 41.5 Å². The first kappa shape index (κ1) is 24.2. The van der Waals surface area contributed by atoms with E-state index in [0.717, 1.165) is 57.8 Å². The highest BCUT2D eigenvalue weighted by Crippen LogP contribution is 2.35. The van der Waals surface area contributed by atoms with Crippen molar-refractivity contribution in [3.05, 3.63) is 0 Å². The van der Waals surface area contributed by atoms with Crippen LogP contribution in [0.25, 0.3) is 0 Å². The molecule has 7 heteroatoms. The summed E-state index contributed by atoms with van der Waals surface area (Å²) in [5.41, 5.74) is 0.238. The predicted octanol–water partition coefficient (Wildman–Crippen LogP) is 2.53. The highest BCUT2D eigenvalue weighted by Gasteiger charge is 2.38. The number of morpholine rings is 1. The summed E-state index contributed by atoms with van der Waals surface area (Å²) < 4.78 is 5.61. The van der Waals surface area contributed by atoms with Crippen LogP contribution in [-0.2, 0) is 4.74 Å². The molecule has 1 atom stereocenters. The van der Waals surface area contributed by atoms with E-state index >= 15 is 0 Å². The zero-order valence-corrected chi connectivity index (χ0v) is 20.5. The van der Waals surface area contributed by atoms with Gasteiger partial charge < -0.3 is 20.3 Å². The summed E-state index contributed by atoms with van der Waals surface area (Å²) >= 11 is 0. The van der Waals surface area contributed by atoms with Crippen molar-refractivity contribution in [3.8, 4) is 0 Å². The molecule has 2 N–H and O–H groups in total. The van der Waals surface area contributed by atoms with Crippen molar-refractivity contribution in [1.82, 2.24) is 20.4 Å². The van der Waals surface area contributed by atoms with Crippen LogP contribution in [-0.4, -0.2) is 87.4 Å². The van der Waals surface area contributed by atoms with Gasteiger partial charge in [-0.1, -0.05) is 19.3 Å². The van der Waals surface area contributed by atoms with Crippen molar-refractivity contribution in [2.24, 2.45) is 10.9 Å². The summed E-state index contributed by atoms with van der Waals surface area (Å²) in [6.07, 6.45) is 9.34. The van der Waals surface area contributed by atoms with E-state index in [1.54, 1.807) is 0 Å². The van der Waals surface area contributed by atoms with Crippen LogP contribution in [0.15, 0.2) is 4.99 Å². The first-order valence-corrected chi connectivity index (χ1v) is 11.2. The number of hydrogen-bond acceptors (Lipinski definition) is 4. The van der Waals surface area contributed by atoms with Gasteiger partial charge in [-0.25, -0.2) is 0 Å². The molecule has 0 amide bonds. The predicted molar refractivity (Wildman–Crippen MR) is 128 cm³/mol. The van der Waals surface area contributed by atoms with Gasteiger partial charge in [-0.05, 0) is 52.6 Å². The van der Waals surface area contributed by atoms with Gasteiger partial charge in [-0.15, -0.1) is 24.0 Å². The van der Waals surface area contributed by atoms with Gasteiger partial charge >= 0.3 is 0 Å². The second-order valence-electron chi connectivity index (χ2n) is 8.83. The fourth-order valence-corrected chi connectivity index (χ4v) is 4.84. The minimum absolute atomic E-state index is 0. The van der Waals surface area contributed by atoms with Crippen molar-refractivity contribution in [2.75, 3.05) is 60.0 Å². The van der Waals surface area contributed by atoms with Crippen LogP contribution in [0.1, 0.15) is 51.9 Å².